The molecule has 0 spiro atoms. The molecule has 19 heavy (non-hydrogen) atoms. The number of carbonyl (C=O) groups excluding carboxylic acids is 1. The van der Waals surface area contributed by atoms with E-state index < -0.39 is 6.09 Å². The highest BCUT2D eigenvalue weighted by Crippen LogP contribution is 2.28. The summed E-state index contributed by atoms with van der Waals surface area (Å²) in [7, 11) is 0. The lowest BCUT2D eigenvalue weighted by atomic mass is 10.2. The van der Waals surface area contributed by atoms with Crippen LogP contribution in [0.5, 0.6) is 0 Å². The van der Waals surface area contributed by atoms with Crippen LogP contribution < -0.4 is 5.32 Å². The Bertz CT molecular complexity index is 444. The van der Waals surface area contributed by atoms with Gasteiger partial charge >= 0.3 is 6.09 Å². The van der Waals surface area contributed by atoms with Crippen LogP contribution >= 0.6 is 11.8 Å². The summed E-state index contributed by atoms with van der Waals surface area (Å²) in [6, 6.07) is 9.61. The maximum atomic E-state index is 11.6. The molecule has 1 aliphatic carbocycles. The molecule has 1 aromatic carbocycles. The molecule has 2 rings (SSSR count). The quantitative estimate of drug-likeness (QED) is 0.680. The number of ether oxygens (including phenoxy) is 1. The molecule has 1 aromatic rings. The number of nitrogens with zero attached hydrogens (tertiary/aromatic N) is 1. The van der Waals surface area contributed by atoms with Crippen LogP contribution in [0.2, 0.25) is 0 Å². The van der Waals surface area contributed by atoms with E-state index in [0.717, 1.165) is 12.1 Å². The normalized spacial score (nSPS) is 15.1. The van der Waals surface area contributed by atoms with Gasteiger partial charge in [-0.3, -0.25) is 10.3 Å². The minimum absolute atomic E-state index is 0.275. The Morgan fingerprint density at radius 1 is 1.42 bits per heavy atom. The van der Waals surface area contributed by atoms with E-state index >= 15 is 0 Å². The van der Waals surface area contributed by atoms with Crippen molar-refractivity contribution in [2.45, 2.75) is 19.4 Å². The van der Waals surface area contributed by atoms with E-state index in [9.17, 15) is 4.79 Å². The zero-order chi connectivity index (χ0) is 13.5. The van der Waals surface area contributed by atoms with Gasteiger partial charge in [-0.25, -0.2) is 4.79 Å². The summed E-state index contributed by atoms with van der Waals surface area (Å²) in [5, 5.41) is 3.30. The first-order valence-corrected chi connectivity index (χ1v) is 7.56. The third-order valence-electron chi connectivity index (χ3n) is 2.81. The number of amides is 1. The van der Waals surface area contributed by atoms with Crippen molar-refractivity contribution in [1.82, 2.24) is 5.32 Å². The summed E-state index contributed by atoms with van der Waals surface area (Å²) in [4.78, 5) is 16.0. The molecule has 0 heterocycles. The van der Waals surface area contributed by atoms with Gasteiger partial charge in [-0.2, -0.15) is 0 Å². The minimum atomic E-state index is -0.451. The lowest BCUT2D eigenvalue weighted by Crippen LogP contribution is -2.29. The highest BCUT2D eigenvalue weighted by molar-refractivity contribution is 8.13. The summed E-state index contributed by atoms with van der Waals surface area (Å²) >= 11 is 1.43. The second-order valence-electron chi connectivity index (χ2n) is 4.48. The van der Waals surface area contributed by atoms with Crippen LogP contribution in [0.25, 0.3) is 0 Å². The van der Waals surface area contributed by atoms with Crippen LogP contribution in [0.4, 0.5) is 4.79 Å². The van der Waals surface area contributed by atoms with Gasteiger partial charge in [-0.1, -0.05) is 42.1 Å². The van der Waals surface area contributed by atoms with Crippen LogP contribution in [-0.2, 0) is 11.3 Å². The third-order valence-corrected chi connectivity index (χ3v) is 3.42. The molecule has 102 valence electrons. The Morgan fingerprint density at radius 2 is 2.16 bits per heavy atom. The van der Waals surface area contributed by atoms with Crippen molar-refractivity contribution >= 4 is 23.0 Å². The number of aliphatic imine (C=N–C) groups is 1. The van der Waals surface area contributed by atoms with E-state index in [-0.39, 0.29) is 6.61 Å². The van der Waals surface area contributed by atoms with Gasteiger partial charge in [0.15, 0.2) is 5.17 Å². The van der Waals surface area contributed by atoms with E-state index in [1.54, 1.807) is 0 Å². The number of alkyl carbamates (subject to hydrolysis) is 1. The van der Waals surface area contributed by atoms with Crippen molar-refractivity contribution in [3.05, 3.63) is 35.9 Å². The van der Waals surface area contributed by atoms with Crippen LogP contribution in [0, 0.1) is 5.92 Å². The average Bonchev–Trinajstić information content (AvgIpc) is 3.26. The molecular weight excluding hydrogens is 260 g/mol. The van der Waals surface area contributed by atoms with Crippen molar-refractivity contribution in [3.63, 3.8) is 0 Å². The summed E-state index contributed by atoms with van der Waals surface area (Å²) in [6.07, 6.45) is 3.95. The number of rotatable bonds is 4. The summed E-state index contributed by atoms with van der Waals surface area (Å²) in [5.41, 5.74) is 0.971. The van der Waals surface area contributed by atoms with Gasteiger partial charge in [0.1, 0.15) is 6.61 Å². The van der Waals surface area contributed by atoms with Crippen molar-refractivity contribution in [2.75, 3.05) is 12.8 Å². The number of thioether (sulfide) groups is 1. The molecule has 5 heteroatoms. The van der Waals surface area contributed by atoms with Gasteiger partial charge in [0.2, 0.25) is 0 Å². The van der Waals surface area contributed by atoms with Gasteiger partial charge in [-0.05, 0) is 30.6 Å². The number of carbonyl (C=O) groups is 1. The number of benzene rings is 1. The molecule has 1 N–H and O–H groups in total. The van der Waals surface area contributed by atoms with Crippen LogP contribution in [0.1, 0.15) is 18.4 Å². The maximum Gasteiger partial charge on any atom is 0.413 e. The molecule has 4 nitrogen and oxygen atoms in total. The molecule has 0 radical (unpaired) electrons. The predicted octanol–water partition coefficient (Wildman–Crippen LogP) is 3.04. The fraction of sp³-hybridized carbons (Fsp3) is 0.429. The minimum Gasteiger partial charge on any atom is -0.444 e. The standard InChI is InChI=1S/C14H18N2O2S/c1-19-13(15-9-11-7-8-11)16-14(17)18-10-12-5-3-2-4-6-12/h2-6,11H,7-10H2,1H3,(H,15,16,17). The van der Waals surface area contributed by atoms with Crippen molar-refractivity contribution in [3.8, 4) is 0 Å². The number of nitrogens with one attached hydrogen (secondary N) is 1. The Kier molecular flexibility index (Phi) is 5.27. The van der Waals surface area contributed by atoms with E-state index in [1.165, 1.54) is 24.6 Å². The first kappa shape index (κ1) is 13.9. The highest BCUT2D eigenvalue weighted by Gasteiger charge is 2.20. The molecule has 0 unspecified atom stereocenters. The lowest BCUT2D eigenvalue weighted by Gasteiger charge is -2.07. The average molecular weight is 278 g/mol. The largest absolute Gasteiger partial charge is 0.444 e. The van der Waals surface area contributed by atoms with Gasteiger partial charge in [0.05, 0.1) is 0 Å². The Morgan fingerprint density at radius 3 is 2.79 bits per heavy atom. The first-order chi connectivity index (χ1) is 9.28. The molecule has 1 saturated carbocycles. The SMILES string of the molecule is CSC(=NCC1CC1)NC(=O)OCc1ccccc1. The van der Waals surface area contributed by atoms with Gasteiger partial charge in [0, 0.05) is 6.54 Å². The smallest absolute Gasteiger partial charge is 0.413 e. The van der Waals surface area contributed by atoms with Crippen LogP contribution in [0.3, 0.4) is 0 Å². The lowest BCUT2D eigenvalue weighted by molar-refractivity contribution is 0.145. The second kappa shape index (κ2) is 7.19. The molecule has 0 bridgehead atoms. The Hall–Kier alpha value is -1.49. The molecule has 0 atom stereocenters. The van der Waals surface area contributed by atoms with E-state index in [0.29, 0.717) is 11.1 Å². The highest BCUT2D eigenvalue weighted by atomic mass is 32.2. The predicted molar refractivity (Wildman–Crippen MR) is 78.3 cm³/mol. The second-order valence-corrected chi connectivity index (χ2v) is 5.28. The van der Waals surface area contributed by atoms with E-state index in [2.05, 4.69) is 10.3 Å². The van der Waals surface area contributed by atoms with Gasteiger partial charge in [0.25, 0.3) is 0 Å². The van der Waals surface area contributed by atoms with Crippen molar-refractivity contribution in [1.29, 1.82) is 0 Å². The fourth-order valence-corrected chi connectivity index (χ4v) is 1.90. The van der Waals surface area contributed by atoms with Crippen LogP contribution in [0.15, 0.2) is 35.3 Å². The molecule has 0 aliphatic heterocycles. The fourth-order valence-electron chi connectivity index (χ4n) is 1.51. The summed E-state index contributed by atoms with van der Waals surface area (Å²) in [6.45, 7) is 1.08. The number of amidine groups is 1. The van der Waals surface area contributed by atoms with Crippen LogP contribution in [-0.4, -0.2) is 24.1 Å². The van der Waals surface area contributed by atoms with Gasteiger partial charge in [-0.15, -0.1) is 0 Å². The zero-order valence-electron chi connectivity index (χ0n) is 11.0. The maximum absolute atomic E-state index is 11.6. The number of hydrogen-bond acceptors (Lipinski definition) is 4. The van der Waals surface area contributed by atoms with Crippen molar-refractivity contribution < 1.29 is 9.53 Å². The zero-order valence-corrected chi connectivity index (χ0v) is 11.8. The topological polar surface area (TPSA) is 50.7 Å². The number of hydrogen-bond donors (Lipinski definition) is 1. The molecule has 1 fully saturated rings. The Balaban J connectivity index is 1.74. The van der Waals surface area contributed by atoms with E-state index in [1.807, 2.05) is 36.6 Å². The monoisotopic (exact) mass is 278 g/mol. The summed E-state index contributed by atoms with van der Waals surface area (Å²) < 4.78 is 5.14. The third kappa shape index (κ3) is 5.34. The summed E-state index contributed by atoms with van der Waals surface area (Å²) in [5.74, 6) is 0.712. The van der Waals surface area contributed by atoms with Crippen molar-refractivity contribution in [2.24, 2.45) is 10.9 Å². The first-order valence-electron chi connectivity index (χ1n) is 6.34. The molecule has 1 amide bonds. The molecule has 0 saturated heterocycles. The Labute approximate surface area is 117 Å². The molecular formula is C14H18N2O2S. The molecule has 0 aromatic heterocycles. The molecule has 1 aliphatic rings. The van der Waals surface area contributed by atoms with Gasteiger partial charge < -0.3 is 4.74 Å². The van der Waals surface area contributed by atoms with E-state index in [4.69, 9.17) is 4.74 Å².